The van der Waals surface area contributed by atoms with Gasteiger partial charge in [-0.1, -0.05) is 0 Å². The molecule has 1 saturated heterocycles. The van der Waals surface area contributed by atoms with Gasteiger partial charge in [0.2, 0.25) is 0 Å². The van der Waals surface area contributed by atoms with E-state index >= 15 is 0 Å². The van der Waals surface area contributed by atoms with Crippen LogP contribution in [0.1, 0.15) is 19.3 Å². The number of alkyl halides is 3. The van der Waals surface area contributed by atoms with E-state index < -0.39 is 44.6 Å². The first kappa shape index (κ1) is 19.2. The predicted octanol–water partition coefficient (Wildman–Crippen LogP) is -0.844. The Morgan fingerprint density at radius 1 is 1.11 bits per heavy atom. The van der Waals surface area contributed by atoms with Crippen molar-refractivity contribution in [1.29, 1.82) is 0 Å². The molecule has 0 aliphatic carbocycles. The summed E-state index contributed by atoms with van der Waals surface area (Å²) in [4.78, 5) is 0.920. The smallest absolute Gasteiger partial charge is 0.448 e. The van der Waals surface area contributed by atoms with E-state index in [1.165, 1.54) is 0 Å². The summed E-state index contributed by atoms with van der Waals surface area (Å²) in [6, 6.07) is 0. The van der Waals surface area contributed by atoms with Gasteiger partial charge in [0.15, 0.2) is 5.60 Å². The minimum Gasteiger partial charge on any atom is -0.448 e. The monoisotopic (exact) mass is 303 g/mol. The van der Waals surface area contributed by atoms with Crippen LogP contribution in [0.25, 0.3) is 0 Å². The number of aliphatic hydroxyl groups is 1. The van der Waals surface area contributed by atoms with Crippen LogP contribution in [0.4, 0.5) is 26.1 Å². The minimum absolute atomic E-state index is 0. The molecule has 2 nitrogen and oxygen atoms in total. The summed E-state index contributed by atoms with van der Waals surface area (Å²) in [5, 5.41) is 9.38. The maximum atomic E-state index is 12.5. The second kappa shape index (κ2) is 6.77. The molecule has 1 fully saturated rings. The minimum atomic E-state index is -5.04. The normalized spacial score (nSPS) is 27.5. The van der Waals surface area contributed by atoms with Crippen LogP contribution in [-0.2, 0) is 0 Å². The summed E-state index contributed by atoms with van der Waals surface area (Å²) >= 11 is 0. The Kier molecular flexibility index (Phi) is 7.22. The molecule has 0 radical (unpaired) electrons. The Labute approximate surface area is 144 Å². The molecule has 0 aromatic heterocycles. The van der Waals surface area contributed by atoms with Crippen molar-refractivity contribution in [3.63, 3.8) is 0 Å². The second-order valence-electron chi connectivity index (χ2n) is 4.39. The van der Waals surface area contributed by atoms with E-state index in [2.05, 4.69) is 0 Å². The fourth-order valence-electron chi connectivity index (χ4n) is 1.93. The zero-order chi connectivity index (χ0) is 13.3. The van der Waals surface area contributed by atoms with Crippen molar-refractivity contribution in [3.8, 4) is 0 Å². The number of hydrogen-bond donors (Lipinski definition) is 1. The standard InChI is InChI=1S/C8H13BF6NO.K/c10-8(11,12)7(17)2-1-4-16(5-3-7)6-9(13,14)15;/h17H,1-6H2;/q-1;+1. The van der Waals surface area contributed by atoms with Crippen molar-refractivity contribution in [3.05, 3.63) is 0 Å². The van der Waals surface area contributed by atoms with E-state index in [0.717, 1.165) is 4.90 Å². The first-order chi connectivity index (χ1) is 7.54. The number of rotatable bonds is 2. The third kappa shape index (κ3) is 5.68. The van der Waals surface area contributed by atoms with Gasteiger partial charge in [-0.15, -0.1) is 0 Å². The van der Waals surface area contributed by atoms with Crippen LogP contribution in [-0.4, -0.2) is 48.3 Å². The molecule has 0 amide bonds. The Morgan fingerprint density at radius 3 is 2.11 bits per heavy atom. The fraction of sp³-hybridized carbons (Fsp3) is 1.00. The number of nitrogens with zero attached hydrogens (tertiary/aromatic N) is 1. The topological polar surface area (TPSA) is 23.5 Å². The van der Waals surface area contributed by atoms with Crippen LogP contribution in [0, 0.1) is 0 Å². The van der Waals surface area contributed by atoms with E-state index in [9.17, 15) is 31.2 Å². The molecule has 1 aliphatic rings. The first-order valence-electron chi connectivity index (χ1n) is 5.26. The first-order valence-corrected chi connectivity index (χ1v) is 5.26. The number of likely N-dealkylation sites (tertiary alicyclic amines) is 1. The molecule has 0 saturated carbocycles. The molecule has 1 N–H and O–H groups in total. The van der Waals surface area contributed by atoms with Gasteiger partial charge in [0.1, 0.15) is 0 Å². The van der Waals surface area contributed by atoms with E-state index in [4.69, 9.17) is 0 Å². The molecular weight excluding hydrogens is 290 g/mol. The van der Waals surface area contributed by atoms with Gasteiger partial charge in [0.05, 0.1) is 0 Å². The van der Waals surface area contributed by atoms with Crippen LogP contribution in [0.3, 0.4) is 0 Å². The van der Waals surface area contributed by atoms with Crippen LogP contribution in [0.5, 0.6) is 0 Å². The van der Waals surface area contributed by atoms with Crippen molar-refractivity contribution in [1.82, 2.24) is 4.90 Å². The van der Waals surface area contributed by atoms with Crippen molar-refractivity contribution in [2.24, 2.45) is 0 Å². The van der Waals surface area contributed by atoms with Gasteiger partial charge >= 0.3 is 64.5 Å². The Bertz CT molecular complexity index is 273. The summed E-state index contributed by atoms with van der Waals surface area (Å²) in [6.45, 7) is -5.51. The van der Waals surface area contributed by atoms with E-state index in [-0.39, 0.29) is 64.4 Å². The largest absolute Gasteiger partial charge is 1.00 e. The van der Waals surface area contributed by atoms with Crippen molar-refractivity contribution in [2.75, 3.05) is 19.5 Å². The zero-order valence-corrected chi connectivity index (χ0v) is 13.1. The predicted molar refractivity (Wildman–Crippen MR) is 50.4 cm³/mol. The van der Waals surface area contributed by atoms with Gasteiger partial charge in [-0.3, -0.25) is 0 Å². The molecule has 0 bridgehead atoms. The maximum Gasteiger partial charge on any atom is 1.00 e. The van der Waals surface area contributed by atoms with Gasteiger partial charge < -0.3 is 23.0 Å². The molecule has 1 atom stereocenters. The molecule has 0 aromatic rings. The fourth-order valence-corrected chi connectivity index (χ4v) is 1.93. The van der Waals surface area contributed by atoms with Gasteiger partial charge in [-0.25, -0.2) is 0 Å². The summed E-state index contributed by atoms with van der Waals surface area (Å²) in [5.41, 5.74) is -2.85. The van der Waals surface area contributed by atoms with Gasteiger partial charge in [-0.2, -0.15) is 13.2 Å². The van der Waals surface area contributed by atoms with Gasteiger partial charge in [0, 0.05) is 0 Å². The molecule has 102 valence electrons. The molecule has 0 aromatic carbocycles. The van der Waals surface area contributed by atoms with Crippen LogP contribution in [0.2, 0.25) is 0 Å². The molecule has 1 heterocycles. The van der Waals surface area contributed by atoms with Gasteiger partial charge in [0.25, 0.3) is 0 Å². The van der Waals surface area contributed by atoms with Gasteiger partial charge in [-0.05, 0) is 38.8 Å². The van der Waals surface area contributed by atoms with E-state index in [0.29, 0.717) is 0 Å². The Morgan fingerprint density at radius 2 is 1.67 bits per heavy atom. The maximum absolute atomic E-state index is 12.5. The van der Waals surface area contributed by atoms with Crippen LogP contribution in [0.15, 0.2) is 0 Å². The van der Waals surface area contributed by atoms with Crippen LogP contribution >= 0.6 is 0 Å². The van der Waals surface area contributed by atoms with Crippen molar-refractivity contribution in [2.45, 2.75) is 31.0 Å². The Hall–Kier alpha value is 1.20. The van der Waals surface area contributed by atoms with E-state index in [1.54, 1.807) is 0 Å². The summed E-state index contributed by atoms with van der Waals surface area (Å²) in [6.07, 6.45) is -7.30. The molecule has 1 unspecified atom stereocenters. The summed E-state index contributed by atoms with van der Waals surface area (Å²) < 4.78 is 73.9. The zero-order valence-electron chi connectivity index (χ0n) is 9.98. The Balaban J connectivity index is 0.00000289. The SMILES string of the molecule is OC1(C(F)(F)F)CCCN(C[B-](F)(F)F)CC1.[K+]. The summed E-state index contributed by atoms with van der Waals surface area (Å²) in [5.74, 6) is 0. The quantitative estimate of drug-likeness (QED) is 0.531. The third-order valence-corrected chi connectivity index (χ3v) is 2.90. The summed E-state index contributed by atoms with van der Waals surface area (Å²) in [7, 11) is 0. The average Bonchev–Trinajstić information content (AvgIpc) is 2.25. The second-order valence-corrected chi connectivity index (χ2v) is 4.39. The molecular formula is C8H13BF6KNO. The number of halogens is 6. The molecule has 1 rings (SSSR count). The molecule has 10 heteroatoms. The van der Waals surface area contributed by atoms with E-state index in [1.807, 2.05) is 0 Å². The average molecular weight is 303 g/mol. The number of hydrogen-bond acceptors (Lipinski definition) is 2. The van der Waals surface area contributed by atoms with Crippen molar-refractivity contribution >= 4 is 6.98 Å². The molecule has 18 heavy (non-hydrogen) atoms. The molecule has 1 aliphatic heterocycles. The molecule has 0 spiro atoms. The van der Waals surface area contributed by atoms with Crippen LogP contribution < -0.4 is 51.4 Å². The third-order valence-electron chi connectivity index (χ3n) is 2.90. The van der Waals surface area contributed by atoms with Crippen molar-refractivity contribution < 1.29 is 82.6 Å².